The second-order valence-electron chi connectivity index (χ2n) is 6.68. The third-order valence-electron chi connectivity index (χ3n) is 4.77. The van der Waals surface area contributed by atoms with Gasteiger partial charge in [0.2, 0.25) is 5.91 Å². The minimum atomic E-state index is -0.581. The van der Waals surface area contributed by atoms with Crippen molar-refractivity contribution < 1.29 is 28.6 Å². The molecule has 0 saturated carbocycles. The Bertz CT molecular complexity index is 906. The topological polar surface area (TPSA) is 82.1 Å². The number of rotatable bonds is 8. The van der Waals surface area contributed by atoms with Crippen LogP contribution in [0.3, 0.4) is 0 Å². The lowest BCUT2D eigenvalue weighted by Gasteiger charge is -2.15. The van der Waals surface area contributed by atoms with Crippen LogP contribution in [0.5, 0.6) is 11.5 Å². The first kappa shape index (κ1) is 20.4. The van der Waals surface area contributed by atoms with E-state index in [1.165, 1.54) is 14.2 Å². The maximum atomic E-state index is 12.3. The maximum Gasteiger partial charge on any atom is 0.338 e. The zero-order valence-electron chi connectivity index (χ0n) is 16.5. The van der Waals surface area contributed by atoms with Crippen molar-refractivity contribution in [2.24, 2.45) is 0 Å². The van der Waals surface area contributed by atoms with Gasteiger partial charge in [-0.25, -0.2) is 4.79 Å². The van der Waals surface area contributed by atoms with Crippen LogP contribution in [-0.4, -0.2) is 49.9 Å². The minimum Gasteiger partial charge on any atom is -0.493 e. The molecule has 1 fully saturated rings. The Morgan fingerprint density at radius 1 is 0.966 bits per heavy atom. The van der Waals surface area contributed by atoms with Crippen LogP contribution in [0, 0.1) is 0 Å². The van der Waals surface area contributed by atoms with Gasteiger partial charge in [0.15, 0.2) is 23.9 Å². The highest BCUT2D eigenvalue weighted by Crippen LogP contribution is 2.27. The first-order valence-corrected chi connectivity index (χ1v) is 9.31. The molecule has 2 aromatic carbocycles. The Kier molecular flexibility index (Phi) is 6.49. The fourth-order valence-electron chi connectivity index (χ4n) is 3.15. The molecule has 3 rings (SSSR count). The molecular weight excluding hydrogens is 374 g/mol. The molecule has 7 heteroatoms. The highest BCUT2D eigenvalue weighted by Gasteiger charge is 2.20. The van der Waals surface area contributed by atoms with E-state index in [0.29, 0.717) is 35.6 Å². The summed E-state index contributed by atoms with van der Waals surface area (Å²) in [5.74, 6) is 0.168. The summed E-state index contributed by atoms with van der Waals surface area (Å²) in [5.41, 5.74) is 1.65. The number of likely N-dealkylation sites (tertiary alicyclic amines) is 1. The molecule has 1 aliphatic rings. The van der Waals surface area contributed by atoms with Crippen LogP contribution in [-0.2, 0) is 16.1 Å². The molecule has 0 N–H and O–H groups in total. The second kappa shape index (κ2) is 9.23. The quantitative estimate of drug-likeness (QED) is 0.503. The molecular formula is C22H23NO6. The zero-order valence-corrected chi connectivity index (χ0v) is 16.5. The van der Waals surface area contributed by atoms with Crippen molar-refractivity contribution in [3.8, 4) is 11.5 Å². The van der Waals surface area contributed by atoms with E-state index < -0.39 is 5.97 Å². The van der Waals surface area contributed by atoms with E-state index in [2.05, 4.69) is 0 Å². The van der Waals surface area contributed by atoms with Crippen LogP contribution in [0.1, 0.15) is 39.1 Å². The molecule has 0 aliphatic carbocycles. The average Bonchev–Trinajstić information content (AvgIpc) is 3.16. The number of hydrogen-bond acceptors (Lipinski definition) is 6. The molecule has 0 bridgehead atoms. The minimum absolute atomic E-state index is 0.155. The number of methoxy groups -OCH3 is 2. The monoisotopic (exact) mass is 397 g/mol. The van der Waals surface area contributed by atoms with E-state index in [1.54, 1.807) is 47.4 Å². The van der Waals surface area contributed by atoms with E-state index >= 15 is 0 Å². The lowest BCUT2D eigenvalue weighted by Crippen LogP contribution is -2.23. The number of ketones is 1. The van der Waals surface area contributed by atoms with Gasteiger partial charge < -0.3 is 19.1 Å². The largest absolute Gasteiger partial charge is 0.493 e. The molecule has 1 heterocycles. The van der Waals surface area contributed by atoms with Gasteiger partial charge in [0.25, 0.3) is 0 Å². The molecule has 0 radical (unpaired) electrons. The summed E-state index contributed by atoms with van der Waals surface area (Å²) in [6.07, 6.45) is 1.48. The molecule has 0 aromatic heterocycles. The summed E-state index contributed by atoms with van der Waals surface area (Å²) < 4.78 is 15.5. The van der Waals surface area contributed by atoms with Gasteiger partial charge in [-0.1, -0.05) is 12.1 Å². The van der Waals surface area contributed by atoms with Crippen molar-refractivity contribution in [3.63, 3.8) is 0 Å². The summed E-state index contributed by atoms with van der Waals surface area (Å²) in [7, 11) is 2.99. The van der Waals surface area contributed by atoms with Gasteiger partial charge in [-0.15, -0.1) is 0 Å². The maximum absolute atomic E-state index is 12.3. The van der Waals surface area contributed by atoms with Crippen molar-refractivity contribution in [3.05, 3.63) is 59.2 Å². The number of carbonyl (C=O) groups excluding carboxylic acids is 3. The predicted octanol–water partition coefficient (Wildman–Crippen LogP) is 2.87. The summed E-state index contributed by atoms with van der Waals surface area (Å²) in [4.78, 5) is 38.0. The normalized spacial score (nSPS) is 13.3. The van der Waals surface area contributed by atoms with Gasteiger partial charge in [-0.05, 0) is 42.3 Å². The smallest absolute Gasteiger partial charge is 0.338 e. The summed E-state index contributed by atoms with van der Waals surface area (Å²) >= 11 is 0. The average molecular weight is 397 g/mol. The van der Waals surface area contributed by atoms with Crippen molar-refractivity contribution in [1.29, 1.82) is 0 Å². The number of esters is 1. The summed E-state index contributed by atoms with van der Waals surface area (Å²) in [5, 5.41) is 0. The number of benzene rings is 2. The van der Waals surface area contributed by atoms with Gasteiger partial charge >= 0.3 is 5.97 Å². The molecule has 1 aliphatic heterocycles. The molecule has 7 nitrogen and oxygen atoms in total. The van der Waals surface area contributed by atoms with Gasteiger partial charge in [0.05, 0.1) is 19.8 Å². The van der Waals surface area contributed by atoms with Crippen molar-refractivity contribution in [2.75, 3.05) is 27.4 Å². The van der Waals surface area contributed by atoms with Crippen LogP contribution in [0.2, 0.25) is 0 Å². The summed E-state index contributed by atoms with van der Waals surface area (Å²) in [6, 6.07) is 11.6. The van der Waals surface area contributed by atoms with Crippen LogP contribution in [0.4, 0.5) is 0 Å². The zero-order chi connectivity index (χ0) is 20.8. The first-order chi connectivity index (χ1) is 14.0. The number of ether oxygens (including phenoxy) is 3. The standard InChI is InChI=1S/C22H23NO6/c1-27-19-10-9-17(12-20(19)28-2)18(24)14-29-22(26)16-7-5-15(6-8-16)13-23-11-3-4-21(23)25/h5-10,12H,3-4,11,13-14H2,1-2H3. The van der Waals surface area contributed by atoms with E-state index in [-0.39, 0.29) is 18.3 Å². The van der Waals surface area contributed by atoms with E-state index in [4.69, 9.17) is 14.2 Å². The molecule has 0 unspecified atom stereocenters. The third kappa shape index (κ3) is 4.93. The Balaban J connectivity index is 1.56. The fraction of sp³-hybridized carbons (Fsp3) is 0.318. The van der Waals surface area contributed by atoms with Crippen molar-refractivity contribution in [2.45, 2.75) is 19.4 Å². The lowest BCUT2D eigenvalue weighted by molar-refractivity contribution is -0.128. The van der Waals surface area contributed by atoms with Gasteiger partial charge in [-0.2, -0.15) is 0 Å². The van der Waals surface area contributed by atoms with Gasteiger partial charge in [-0.3, -0.25) is 9.59 Å². The Labute approximate surface area is 169 Å². The Hall–Kier alpha value is -3.35. The Morgan fingerprint density at radius 2 is 1.66 bits per heavy atom. The van der Waals surface area contributed by atoms with Crippen molar-refractivity contribution in [1.82, 2.24) is 4.90 Å². The second-order valence-corrected chi connectivity index (χ2v) is 6.68. The van der Waals surface area contributed by atoms with Crippen LogP contribution in [0.25, 0.3) is 0 Å². The van der Waals surface area contributed by atoms with Crippen LogP contribution < -0.4 is 9.47 Å². The SMILES string of the molecule is COc1ccc(C(=O)COC(=O)c2ccc(CN3CCCC3=O)cc2)cc1OC. The molecule has 1 saturated heterocycles. The number of hydrogen-bond donors (Lipinski definition) is 0. The van der Waals surface area contributed by atoms with E-state index in [9.17, 15) is 14.4 Å². The number of nitrogens with zero attached hydrogens (tertiary/aromatic N) is 1. The molecule has 2 aromatic rings. The highest BCUT2D eigenvalue weighted by molar-refractivity contribution is 5.99. The molecule has 1 amide bonds. The van der Waals surface area contributed by atoms with E-state index in [1.807, 2.05) is 0 Å². The van der Waals surface area contributed by atoms with E-state index in [0.717, 1.165) is 18.5 Å². The Morgan fingerprint density at radius 3 is 2.28 bits per heavy atom. The number of carbonyl (C=O) groups is 3. The molecule has 0 atom stereocenters. The number of amides is 1. The first-order valence-electron chi connectivity index (χ1n) is 9.31. The third-order valence-corrected chi connectivity index (χ3v) is 4.77. The van der Waals surface area contributed by atoms with Crippen molar-refractivity contribution >= 4 is 17.7 Å². The summed E-state index contributed by atoms with van der Waals surface area (Å²) in [6.45, 7) is 0.922. The molecule has 152 valence electrons. The predicted molar refractivity (Wildman–Crippen MR) is 105 cm³/mol. The molecule has 29 heavy (non-hydrogen) atoms. The van der Waals surface area contributed by atoms with Crippen LogP contribution >= 0.6 is 0 Å². The van der Waals surface area contributed by atoms with Gasteiger partial charge in [0.1, 0.15) is 0 Å². The van der Waals surface area contributed by atoms with Gasteiger partial charge in [0, 0.05) is 25.1 Å². The van der Waals surface area contributed by atoms with Crippen LogP contribution in [0.15, 0.2) is 42.5 Å². The number of Topliss-reactive ketones (excluding diaryl/α,β-unsaturated/α-hetero) is 1. The molecule has 0 spiro atoms. The lowest BCUT2D eigenvalue weighted by atomic mass is 10.1. The highest BCUT2D eigenvalue weighted by atomic mass is 16.5. The fourth-order valence-corrected chi connectivity index (χ4v) is 3.15.